The Hall–Kier alpha value is -0.610. The molecular formula is C9H17NO2S. The quantitative estimate of drug-likeness (QED) is 0.653. The average Bonchev–Trinajstić information content (AvgIpc) is 2.12. The Bertz CT molecular complexity index is 302. The van der Waals surface area contributed by atoms with Crippen molar-refractivity contribution in [3.63, 3.8) is 0 Å². The van der Waals surface area contributed by atoms with Crippen LogP contribution in [-0.4, -0.2) is 26.3 Å². The summed E-state index contributed by atoms with van der Waals surface area (Å²) in [6.07, 6.45) is 4.92. The lowest BCUT2D eigenvalue weighted by molar-refractivity contribution is 0.493. The highest BCUT2D eigenvalue weighted by atomic mass is 32.2. The van der Waals surface area contributed by atoms with Gasteiger partial charge < -0.3 is 0 Å². The van der Waals surface area contributed by atoms with Crippen LogP contribution in [0.2, 0.25) is 0 Å². The molecule has 0 fully saturated rings. The molecule has 0 aliphatic rings. The number of hydrogen-bond donors (Lipinski definition) is 0. The molecule has 0 amide bonds. The Morgan fingerprint density at radius 3 is 2.23 bits per heavy atom. The van der Waals surface area contributed by atoms with Gasteiger partial charge in [0.05, 0.1) is 4.91 Å². The molecule has 0 saturated heterocycles. The lowest BCUT2D eigenvalue weighted by Crippen LogP contribution is -2.27. The van der Waals surface area contributed by atoms with Crippen LogP contribution >= 0.6 is 0 Å². The number of allylic oxidation sites excluding steroid dienone is 3. The predicted molar refractivity (Wildman–Crippen MR) is 55.8 cm³/mol. The van der Waals surface area contributed by atoms with Crippen molar-refractivity contribution in [1.29, 1.82) is 0 Å². The van der Waals surface area contributed by atoms with Crippen molar-refractivity contribution in [2.24, 2.45) is 0 Å². The van der Waals surface area contributed by atoms with E-state index in [2.05, 4.69) is 0 Å². The van der Waals surface area contributed by atoms with E-state index in [-0.39, 0.29) is 0 Å². The van der Waals surface area contributed by atoms with Crippen LogP contribution in [0.5, 0.6) is 0 Å². The molecule has 0 rings (SSSR count). The van der Waals surface area contributed by atoms with Crippen LogP contribution in [0.1, 0.15) is 20.8 Å². The average molecular weight is 203 g/mol. The number of rotatable bonds is 4. The van der Waals surface area contributed by atoms with Crippen LogP contribution < -0.4 is 0 Å². The van der Waals surface area contributed by atoms with Gasteiger partial charge in [0.15, 0.2) is 0 Å². The summed E-state index contributed by atoms with van der Waals surface area (Å²) in [6.45, 7) is 5.80. The van der Waals surface area contributed by atoms with E-state index < -0.39 is 10.0 Å². The highest BCUT2D eigenvalue weighted by Crippen LogP contribution is 2.12. The zero-order valence-electron chi connectivity index (χ0n) is 8.61. The van der Waals surface area contributed by atoms with E-state index in [0.29, 0.717) is 11.4 Å². The minimum Gasteiger partial charge on any atom is -0.207 e. The van der Waals surface area contributed by atoms with Gasteiger partial charge in [-0.1, -0.05) is 19.1 Å². The van der Waals surface area contributed by atoms with Crippen molar-refractivity contribution in [3.05, 3.63) is 23.1 Å². The number of hydrogen-bond acceptors (Lipinski definition) is 2. The molecule has 0 aromatic rings. The van der Waals surface area contributed by atoms with Crippen LogP contribution in [0.3, 0.4) is 0 Å². The summed E-state index contributed by atoms with van der Waals surface area (Å²) < 4.78 is 24.7. The number of nitrogens with zero attached hydrogens (tertiary/aromatic N) is 1. The van der Waals surface area contributed by atoms with Gasteiger partial charge in [-0.3, -0.25) is 0 Å². The van der Waals surface area contributed by atoms with Gasteiger partial charge in [0.25, 0.3) is 0 Å². The first-order chi connectivity index (χ1) is 6.00. The summed E-state index contributed by atoms with van der Waals surface area (Å²) in [5.74, 6) is 0. The van der Waals surface area contributed by atoms with Gasteiger partial charge in [-0.15, -0.1) is 0 Å². The lowest BCUT2D eigenvalue weighted by Gasteiger charge is -2.14. The van der Waals surface area contributed by atoms with Gasteiger partial charge >= 0.3 is 0 Å². The first-order valence-electron chi connectivity index (χ1n) is 4.26. The summed E-state index contributed by atoms with van der Waals surface area (Å²) in [5, 5.41) is 0. The van der Waals surface area contributed by atoms with E-state index in [0.717, 1.165) is 0 Å². The van der Waals surface area contributed by atoms with Crippen molar-refractivity contribution < 1.29 is 8.42 Å². The Kier molecular flexibility index (Phi) is 4.95. The Balaban J connectivity index is 5.03. The second kappa shape index (κ2) is 5.19. The second-order valence-corrected chi connectivity index (χ2v) is 4.66. The molecule has 0 radical (unpaired) electrons. The van der Waals surface area contributed by atoms with Crippen LogP contribution in [0.4, 0.5) is 0 Å². The minimum absolute atomic E-state index is 0.347. The maximum absolute atomic E-state index is 11.7. The van der Waals surface area contributed by atoms with Gasteiger partial charge in [0.1, 0.15) is 0 Å². The van der Waals surface area contributed by atoms with Crippen LogP contribution in [0, 0.1) is 0 Å². The fraction of sp³-hybridized carbons (Fsp3) is 0.556. The number of sulfonamides is 1. The third-order valence-electron chi connectivity index (χ3n) is 1.77. The van der Waals surface area contributed by atoms with E-state index >= 15 is 0 Å². The smallest absolute Gasteiger partial charge is 0.207 e. The zero-order valence-corrected chi connectivity index (χ0v) is 9.43. The normalized spacial score (nSPS) is 14.4. The van der Waals surface area contributed by atoms with Gasteiger partial charge in [0, 0.05) is 13.6 Å². The van der Waals surface area contributed by atoms with E-state index in [4.69, 9.17) is 0 Å². The van der Waals surface area contributed by atoms with Gasteiger partial charge in [-0.25, -0.2) is 12.7 Å². The molecule has 4 heteroatoms. The Morgan fingerprint density at radius 2 is 1.92 bits per heavy atom. The molecule has 0 aromatic heterocycles. The maximum atomic E-state index is 11.7. The fourth-order valence-corrected chi connectivity index (χ4v) is 2.15. The minimum atomic E-state index is -3.26. The predicted octanol–water partition coefficient (Wildman–Crippen LogP) is 1.75. The SMILES string of the molecule is C/C=C\C(=C/C)S(=O)(=O)N(C)CC. The molecule has 0 saturated carbocycles. The molecule has 0 unspecified atom stereocenters. The molecule has 0 bridgehead atoms. The monoisotopic (exact) mass is 203 g/mol. The van der Waals surface area contributed by atoms with Gasteiger partial charge in [-0.05, 0) is 19.9 Å². The Labute approximate surface area is 80.8 Å². The van der Waals surface area contributed by atoms with Crippen LogP contribution in [0.15, 0.2) is 23.1 Å². The summed E-state index contributed by atoms with van der Waals surface area (Å²) in [4.78, 5) is 0.347. The molecule has 3 nitrogen and oxygen atoms in total. The summed E-state index contributed by atoms with van der Waals surface area (Å²) >= 11 is 0. The molecule has 0 aliphatic carbocycles. The maximum Gasteiger partial charge on any atom is 0.242 e. The summed E-state index contributed by atoms with van der Waals surface area (Å²) in [7, 11) is -1.68. The standard InChI is InChI=1S/C9H17NO2S/c1-5-8-9(6-2)13(11,12)10(4)7-3/h5-6,8H,7H2,1-4H3/b8-5-,9-6+. The van der Waals surface area contributed by atoms with Crippen molar-refractivity contribution in [2.75, 3.05) is 13.6 Å². The topological polar surface area (TPSA) is 37.4 Å². The Morgan fingerprint density at radius 1 is 1.38 bits per heavy atom. The summed E-state index contributed by atoms with van der Waals surface area (Å²) in [6, 6.07) is 0. The summed E-state index contributed by atoms with van der Waals surface area (Å²) in [5.41, 5.74) is 0. The highest BCUT2D eigenvalue weighted by Gasteiger charge is 2.18. The third kappa shape index (κ3) is 2.97. The van der Waals surface area contributed by atoms with Gasteiger partial charge in [0.2, 0.25) is 10.0 Å². The van der Waals surface area contributed by atoms with Crippen molar-refractivity contribution in [3.8, 4) is 0 Å². The molecule has 0 aliphatic heterocycles. The third-order valence-corrected chi connectivity index (χ3v) is 3.82. The van der Waals surface area contributed by atoms with Crippen molar-refractivity contribution in [2.45, 2.75) is 20.8 Å². The van der Waals surface area contributed by atoms with Gasteiger partial charge in [-0.2, -0.15) is 0 Å². The molecule has 13 heavy (non-hydrogen) atoms. The molecule has 0 heterocycles. The second-order valence-electron chi connectivity index (χ2n) is 2.61. The van der Waals surface area contributed by atoms with Crippen LogP contribution in [0.25, 0.3) is 0 Å². The van der Waals surface area contributed by atoms with Crippen molar-refractivity contribution in [1.82, 2.24) is 4.31 Å². The fourth-order valence-electron chi connectivity index (χ4n) is 0.845. The molecule has 0 N–H and O–H groups in total. The largest absolute Gasteiger partial charge is 0.242 e. The first kappa shape index (κ1) is 12.4. The van der Waals surface area contributed by atoms with Crippen LogP contribution in [-0.2, 0) is 10.0 Å². The molecule has 76 valence electrons. The lowest BCUT2D eigenvalue weighted by atomic mass is 10.4. The highest BCUT2D eigenvalue weighted by molar-refractivity contribution is 7.93. The zero-order chi connectivity index (χ0) is 10.5. The molecule has 0 atom stereocenters. The molecular weight excluding hydrogens is 186 g/mol. The van der Waals surface area contributed by atoms with E-state index in [1.807, 2.05) is 0 Å². The van der Waals surface area contributed by atoms with E-state index in [1.165, 1.54) is 4.31 Å². The molecule has 0 aromatic carbocycles. The molecule has 0 spiro atoms. The van der Waals surface area contributed by atoms with E-state index in [1.54, 1.807) is 46.0 Å². The first-order valence-corrected chi connectivity index (χ1v) is 5.70. The van der Waals surface area contributed by atoms with Crippen molar-refractivity contribution >= 4 is 10.0 Å². The van der Waals surface area contributed by atoms with E-state index in [9.17, 15) is 8.42 Å².